The van der Waals surface area contributed by atoms with Crippen molar-refractivity contribution < 1.29 is 8.78 Å². The molecule has 0 aliphatic carbocycles. The molecule has 2 aromatic rings. The SMILES string of the molecule is Cc1cc(NCc2c(F)ccc(Br)c2F)cc(C)c1Br. The largest absolute Gasteiger partial charge is 0.381 e. The zero-order valence-corrected chi connectivity index (χ0v) is 14.2. The van der Waals surface area contributed by atoms with Gasteiger partial charge in [0.05, 0.1) is 4.47 Å². The van der Waals surface area contributed by atoms with Gasteiger partial charge in [-0.2, -0.15) is 0 Å². The number of hydrogen-bond donors (Lipinski definition) is 1. The molecule has 0 saturated heterocycles. The molecule has 1 N–H and O–H groups in total. The van der Waals surface area contributed by atoms with E-state index in [0.29, 0.717) is 0 Å². The normalized spacial score (nSPS) is 10.7. The van der Waals surface area contributed by atoms with Gasteiger partial charge < -0.3 is 5.32 Å². The van der Waals surface area contributed by atoms with E-state index in [1.165, 1.54) is 12.1 Å². The van der Waals surface area contributed by atoms with Gasteiger partial charge in [-0.3, -0.25) is 0 Å². The summed E-state index contributed by atoms with van der Waals surface area (Å²) in [7, 11) is 0. The van der Waals surface area contributed by atoms with Crippen LogP contribution >= 0.6 is 31.9 Å². The predicted octanol–water partition coefficient (Wildman–Crippen LogP) is 5.72. The summed E-state index contributed by atoms with van der Waals surface area (Å²) >= 11 is 6.55. The first-order valence-corrected chi connectivity index (χ1v) is 7.61. The molecule has 0 heterocycles. The van der Waals surface area contributed by atoms with Gasteiger partial charge in [-0.05, 0) is 65.2 Å². The van der Waals surface area contributed by atoms with Crippen LogP contribution in [-0.4, -0.2) is 0 Å². The number of rotatable bonds is 3. The van der Waals surface area contributed by atoms with Gasteiger partial charge in [0.25, 0.3) is 0 Å². The van der Waals surface area contributed by atoms with E-state index in [9.17, 15) is 8.78 Å². The monoisotopic (exact) mass is 403 g/mol. The Kier molecular flexibility index (Phi) is 4.81. The van der Waals surface area contributed by atoms with Crippen molar-refractivity contribution in [3.8, 4) is 0 Å². The Labute approximate surface area is 133 Å². The van der Waals surface area contributed by atoms with E-state index >= 15 is 0 Å². The minimum absolute atomic E-state index is 0.0256. The molecule has 0 aliphatic rings. The van der Waals surface area contributed by atoms with Crippen molar-refractivity contribution >= 4 is 37.5 Å². The first-order valence-electron chi connectivity index (χ1n) is 6.03. The maximum atomic E-state index is 13.9. The Morgan fingerprint density at radius 2 is 1.65 bits per heavy atom. The lowest BCUT2D eigenvalue weighted by molar-refractivity contribution is 0.555. The van der Waals surface area contributed by atoms with E-state index in [0.717, 1.165) is 21.3 Å². The Bertz CT molecular complexity index is 634. The van der Waals surface area contributed by atoms with Gasteiger partial charge in [0.1, 0.15) is 11.6 Å². The van der Waals surface area contributed by atoms with E-state index < -0.39 is 11.6 Å². The van der Waals surface area contributed by atoms with Gasteiger partial charge in [-0.25, -0.2) is 8.78 Å². The van der Waals surface area contributed by atoms with E-state index in [2.05, 4.69) is 37.2 Å². The van der Waals surface area contributed by atoms with Crippen LogP contribution in [-0.2, 0) is 6.54 Å². The molecule has 0 fully saturated rings. The first-order chi connectivity index (χ1) is 9.40. The van der Waals surface area contributed by atoms with E-state index in [1.54, 1.807) is 0 Å². The van der Waals surface area contributed by atoms with Crippen molar-refractivity contribution in [2.45, 2.75) is 20.4 Å². The van der Waals surface area contributed by atoms with E-state index in [1.807, 2.05) is 26.0 Å². The fourth-order valence-corrected chi connectivity index (χ4v) is 2.57. The van der Waals surface area contributed by atoms with Gasteiger partial charge >= 0.3 is 0 Å². The number of benzene rings is 2. The summed E-state index contributed by atoms with van der Waals surface area (Å²) in [5.41, 5.74) is 3.00. The van der Waals surface area contributed by atoms with Crippen molar-refractivity contribution in [3.63, 3.8) is 0 Å². The molecule has 0 unspecified atom stereocenters. The lowest BCUT2D eigenvalue weighted by Gasteiger charge is -2.12. The third kappa shape index (κ3) is 3.20. The van der Waals surface area contributed by atoms with Gasteiger partial charge in [-0.1, -0.05) is 15.9 Å². The van der Waals surface area contributed by atoms with Crippen LogP contribution < -0.4 is 5.32 Å². The second-order valence-corrected chi connectivity index (χ2v) is 6.25. The van der Waals surface area contributed by atoms with Gasteiger partial charge in [0.15, 0.2) is 0 Å². The van der Waals surface area contributed by atoms with Crippen molar-refractivity contribution in [2.24, 2.45) is 0 Å². The second kappa shape index (κ2) is 6.22. The van der Waals surface area contributed by atoms with Crippen LogP contribution in [0.15, 0.2) is 33.2 Å². The Morgan fingerprint density at radius 1 is 1.05 bits per heavy atom. The molecule has 5 heteroatoms. The zero-order valence-electron chi connectivity index (χ0n) is 11.0. The molecular formula is C15H13Br2F2N. The number of anilines is 1. The van der Waals surface area contributed by atoms with Gasteiger partial charge in [0.2, 0.25) is 0 Å². The summed E-state index contributed by atoms with van der Waals surface area (Å²) in [6.45, 7) is 4.04. The summed E-state index contributed by atoms with van der Waals surface area (Å²) in [5.74, 6) is -1.12. The third-order valence-electron chi connectivity index (χ3n) is 3.04. The van der Waals surface area contributed by atoms with Crippen LogP contribution in [0.3, 0.4) is 0 Å². The Morgan fingerprint density at radius 3 is 2.25 bits per heavy atom. The van der Waals surface area contributed by atoms with Crippen LogP contribution in [0.4, 0.5) is 14.5 Å². The zero-order chi connectivity index (χ0) is 14.9. The molecule has 0 aromatic heterocycles. The van der Waals surface area contributed by atoms with Crippen LogP contribution in [0.2, 0.25) is 0 Å². The molecule has 106 valence electrons. The highest BCUT2D eigenvalue weighted by molar-refractivity contribution is 9.10. The van der Waals surface area contributed by atoms with Crippen molar-refractivity contribution in [3.05, 3.63) is 61.5 Å². The molecule has 2 aromatic carbocycles. The predicted molar refractivity (Wildman–Crippen MR) is 85.0 cm³/mol. The van der Waals surface area contributed by atoms with E-state index in [4.69, 9.17) is 0 Å². The second-order valence-electron chi connectivity index (χ2n) is 4.60. The molecule has 0 aliphatic heterocycles. The fourth-order valence-electron chi connectivity index (χ4n) is 1.97. The van der Waals surface area contributed by atoms with Gasteiger partial charge in [0, 0.05) is 22.3 Å². The molecule has 2 rings (SSSR count). The number of nitrogens with one attached hydrogen (secondary N) is 1. The van der Waals surface area contributed by atoms with Crippen molar-refractivity contribution in [1.29, 1.82) is 0 Å². The Balaban J connectivity index is 2.24. The summed E-state index contributed by atoms with van der Waals surface area (Å²) < 4.78 is 28.8. The first kappa shape index (κ1) is 15.4. The summed E-state index contributed by atoms with van der Waals surface area (Å²) in [5, 5.41) is 3.06. The quantitative estimate of drug-likeness (QED) is 0.645. The molecule has 0 saturated carbocycles. The lowest BCUT2D eigenvalue weighted by Crippen LogP contribution is -2.05. The molecule has 1 nitrogen and oxygen atoms in total. The molecule has 0 amide bonds. The molecule has 0 radical (unpaired) electrons. The third-order valence-corrected chi connectivity index (χ3v) is 4.91. The van der Waals surface area contributed by atoms with Crippen LogP contribution in [0.25, 0.3) is 0 Å². The fraction of sp³-hybridized carbons (Fsp3) is 0.200. The standard InChI is InChI=1S/C15H13Br2F2N/c1-8-5-10(6-9(2)14(8)17)20-7-11-13(18)4-3-12(16)15(11)19/h3-6,20H,7H2,1-2H3. The number of aryl methyl sites for hydroxylation is 2. The van der Waals surface area contributed by atoms with Gasteiger partial charge in [-0.15, -0.1) is 0 Å². The van der Waals surface area contributed by atoms with Crippen molar-refractivity contribution in [1.82, 2.24) is 0 Å². The maximum absolute atomic E-state index is 13.9. The molecule has 20 heavy (non-hydrogen) atoms. The van der Waals surface area contributed by atoms with Crippen molar-refractivity contribution in [2.75, 3.05) is 5.32 Å². The minimum Gasteiger partial charge on any atom is -0.381 e. The maximum Gasteiger partial charge on any atom is 0.145 e. The highest BCUT2D eigenvalue weighted by Gasteiger charge is 2.12. The summed E-state index contributed by atoms with van der Waals surface area (Å²) in [4.78, 5) is 0. The summed E-state index contributed by atoms with van der Waals surface area (Å²) in [6.07, 6.45) is 0. The minimum atomic E-state index is -0.567. The topological polar surface area (TPSA) is 12.0 Å². The molecule has 0 bridgehead atoms. The van der Waals surface area contributed by atoms with Crippen LogP contribution in [0, 0.1) is 25.5 Å². The highest BCUT2D eigenvalue weighted by atomic mass is 79.9. The average molecular weight is 405 g/mol. The van der Waals surface area contributed by atoms with Crippen LogP contribution in [0.5, 0.6) is 0 Å². The molecule has 0 atom stereocenters. The highest BCUT2D eigenvalue weighted by Crippen LogP contribution is 2.26. The smallest absolute Gasteiger partial charge is 0.145 e. The summed E-state index contributed by atoms with van der Waals surface area (Å²) in [6, 6.07) is 6.49. The van der Waals surface area contributed by atoms with E-state index in [-0.39, 0.29) is 16.6 Å². The average Bonchev–Trinajstić information content (AvgIpc) is 2.40. The lowest BCUT2D eigenvalue weighted by atomic mass is 10.1. The number of halogens is 4. The molecule has 0 spiro atoms. The molecular weight excluding hydrogens is 392 g/mol. The Hall–Kier alpha value is -0.940. The number of hydrogen-bond acceptors (Lipinski definition) is 1. The van der Waals surface area contributed by atoms with Crippen LogP contribution in [0.1, 0.15) is 16.7 Å².